The van der Waals surface area contributed by atoms with Crippen LogP contribution in [0.3, 0.4) is 0 Å². The fraction of sp³-hybridized carbons (Fsp3) is 0.130. The maximum Gasteiger partial charge on any atom is 0.134 e. The number of hydrogen-bond donors (Lipinski definition) is 1. The highest BCUT2D eigenvalue weighted by Crippen LogP contribution is 2.40. The van der Waals surface area contributed by atoms with Gasteiger partial charge in [0.25, 0.3) is 0 Å². The molecule has 1 unspecified atom stereocenters. The van der Waals surface area contributed by atoms with E-state index in [9.17, 15) is 4.39 Å². The van der Waals surface area contributed by atoms with E-state index in [1.165, 1.54) is 6.07 Å². The second-order valence-electron chi connectivity index (χ2n) is 7.29. The van der Waals surface area contributed by atoms with Gasteiger partial charge in [0.1, 0.15) is 11.5 Å². The first kappa shape index (κ1) is 23.0. The third kappa shape index (κ3) is 4.12. The molecule has 1 N–H and O–H groups in total. The molecular weight excluding hydrogens is 493 g/mol. The molecular formula is C23H17Cl4FN4. The predicted molar refractivity (Wildman–Crippen MR) is 129 cm³/mol. The molecule has 9 heteroatoms. The number of aromatic nitrogens is 3. The minimum absolute atomic E-state index is 0. The van der Waals surface area contributed by atoms with Gasteiger partial charge in [-0.05, 0) is 53.6 Å². The molecule has 3 heterocycles. The Balaban J connectivity index is 0.00000245. The zero-order chi connectivity index (χ0) is 21.5. The van der Waals surface area contributed by atoms with Crippen molar-refractivity contribution in [1.82, 2.24) is 20.1 Å². The van der Waals surface area contributed by atoms with E-state index >= 15 is 0 Å². The molecule has 0 bridgehead atoms. The van der Waals surface area contributed by atoms with Gasteiger partial charge >= 0.3 is 0 Å². The average molecular weight is 510 g/mol. The van der Waals surface area contributed by atoms with Crippen LogP contribution < -0.4 is 5.32 Å². The number of nitrogens with zero attached hydrogens (tertiary/aromatic N) is 3. The first-order valence-corrected chi connectivity index (χ1v) is 10.8. The molecule has 4 nitrogen and oxygen atoms in total. The molecule has 2 aromatic carbocycles. The summed E-state index contributed by atoms with van der Waals surface area (Å²) in [5.41, 5.74) is 4.54. The van der Waals surface area contributed by atoms with E-state index in [1.807, 2.05) is 28.9 Å². The van der Waals surface area contributed by atoms with E-state index < -0.39 is 5.82 Å². The smallest absolute Gasteiger partial charge is 0.134 e. The average Bonchev–Trinajstić information content (AvgIpc) is 3.14. The number of nitrogens with one attached hydrogen (secondary N) is 1. The van der Waals surface area contributed by atoms with Gasteiger partial charge in [0.05, 0.1) is 11.7 Å². The van der Waals surface area contributed by atoms with E-state index in [0.717, 1.165) is 22.4 Å². The van der Waals surface area contributed by atoms with Crippen LogP contribution in [0.1, 0.15) is 17.3 Å². The Morgan fingerprint density at radius 1 is 0.969 bits per heavy atom. The molecule has 1 atom stereocenters. The van der Waals surface area contributed by atoms with Crippen LogP contribution in [0.2, 0.25) is 15.1 Å². The van der Waals surface area contributed by atoms with E-state index in [4.69, 9.17) is 39.9 Å². The Labute approximate surface area is 205 Å². The van der Waals surface area contributed by atoms with E-state index in [2.05, 4.69) is 10.3 Å². The summed E-state index contributed by atoms with van der Waals surface area (Å²) < 4.78 is 16.9. The van der Waals surface area contributed by atoms with Crippen molar-refractivity contribution in [2.75, 3.05) is 6.54 Å². The fourth-order valence-electron chi connectivity index (χ4n) is 4.02. The van der Waals surface area contributed by atoms with E-state index in [0.29, 0.717) is 39.4 Å². The van der Waals surface area contributed by atoms with Gasteiger partial charge in [-0.1, -0.05) is 40.9 Å². The van der Waals surface area contributed by atoms with Crippen LogP contribution in [0.15, 0.2) is 60.9 Å². The van der Waals surface area contributed by atoms with Gasteiger partial charge < -0.3 is 5.32 Å². The molecule has 164 valence electrons. The van der Waals surface area contributed by atoms with Crippen molar-refractivity contribution in [3.63, 3.8) is 0 Å². The molecule has 0 fully saturated rings. The lowest BCUT2D eigenvalue weighted by Gasteiger charge is -2.27. The van der Waals surface area contributed by atoms with Crippen LogP contribution in [-0.2, 0) is 6.54 Å². The molecule has 0 saturated heterocycles. The van der Waals surface area contributed by atoms with Gasteiger partial charge in [-0.3, -0.25) is 9.67 Å². The Bertz CT molecular complexity index is 1280. The molecule has 32 heavy (non-hydrogen) atoms. The van der Waals surface area contributed by atoms with Crippen molar-refractivity contribution in [2.24, 2.45) is 0 Å². The van der Waals surface area contributed by atoms with Gasteiger partial charge in [0, 0.05) is 51.7 Å². The standard InChI is InChI=1S/C23H16Cl3FN4.ClH/c24-14-1-3-16(18(26)9-14)20-11-29-12-21-22(13-5-7-28-8-6-13)23(30-31(20)21)17-4-2-15(25)10-19(17)27;/h1-10,20,29H,11-12H2;1H. The lowest BCUT2D eigenvalue weighted by molar-refractivity contribution is 0.415. The van der Waals surface area contributed by atoms with Crippen LogP contribution in [0.4, 0.5) is 4.39 Å². The van der Waals surface area contributed by atoms with Gasteiger partial charge in [-0.2, -0.15) is 5.10 Å². The molecule has 5 rings (SSSR count). The van der Waals surface area contributed by atoms with E-state index in [1.54, 1.807) is 30.6 Å². The Morgan fingerprint density at radius 2 is 1.69 bits per heavy atom. The van der Waals surface area contributed by atoms with Gasteiger partial charge in [0.2, 0.25) is 0 Å². The van der Waals surface area contributed by atoms with Crippen LogP contribution in [0.5, 0.6) is 0 Å². The zero-order valence-corrected chi connectivity index (χ0v) is 19.6. The molecule has 0 saturated carbocycles. The van der Waals surface area contributed by atoms with Crippen molar-refractivity contribution >= 4 is 47.2 Å². The maximum atomic E-state index is 14.9. The highest BCUT2D eigenvalue weighted by Gasteiger charge is 2.30. The second-order valence-corrected chi connectivity index (χ2v) is 8.57. The molecule has 0 radical (unpaired) electrons. The molecule has 1 aliphatic heterocycles. The lowest BCUT2D eigenvalue weighted by Crippen LogP contribution is -2.34. The summed E-state index contributed by atoms with van der Waals surface area (Å²) in [4.78, 5) is 4.12. The van der Waals surface area contributed by atoms with Gasteiger partial charge in [-0.25, -0.2) is 4.39 Å². The lowest BCUT2D eigenvalue weighted by atomic mass is 9.97. The third-order valence-electron chi connectivity index (χ3n) is 5.41. The van der Waals surface area contributed by atoms with Crippen LogP contribution in [0.25, 0.3) is 22.4 Å². The summed E-state index contributed by atoms with van der Waals surface area (Å²) in [5, 5.41) is 9.81. The Morgan fingerprint density at radius 3 is 2.41 bits per heavy atom. The minimum atomic E-state index is -0.424. The summed E-state index contributed by atoms with van der Waals surface area (Å²) in [5.74, 6) is -0.424. The molecule has 4 aromatic rings. The molecule has 0 amide bonds. The Hall–Kier alpha value is -2.15. The molecule has 0 spiro atoms. The number of fused-ring (bicyclic) bond motifs is 1. The largest absolute Gasteiger partial charge is 0.309 e. The fourth-order valence-corrected chi connectivity index (χ4v) is 4.71. The maximum absolute atomic E-state index is 14.9. The molecule has 0 aliphatic carbocycles. The van der Waals surface area contributed by atoms with Crippen LogP contribution in [0, 0.1) is 5.82 Å². The van der Waals surface area contributed by atoms with Crippen molar-refractivity contribution < 1.29 is 4.39 Å². The number of halogens is 5. The third-order valence-corrected chi connectivity index (χ3v) is 6.21. The van der Waals surface area contributed by atoms with Crippen LogP contribution >= 0.6 is 47.2 Å². The summed E-state index contributed by atoms with van der Waals surface area (Å²) in [6.07, 6.45) is 3.43. The monoisotopic (exact) mass is 508 g/mol. The second kappa shape index (κ2) is 9.38. The number of benzene rings is 2. The zero-order valence-electron chi connectivity index (χ0n) is 16.5. The van der Waals surface area contributed by atoms with E-state index in [-0.39, 0.29) is 18.4 Å². The SMILES string of the molecule is Cl.Fc1cc(Cl)ccc1-c1nn2c(c1-c1ccncc1)CNCC2c1ccc(Cl)cc1Cl. The number of hydrogen-bond acceptors (Lipinski definition) is 3. The Kier molecular flexibility index (Phi) is 6.75. The number of pyridine rings is 1. The van der Waals surface area contributed by atoms with Gasteiger partial charge in [0.15, 0.2) is 0 Å². The van der Waals surface area contributed by atoms with Crippen molar-refractivity contribution in [2.45, 2.75) is 12.6 Å². The van der Waals surface area contributed by atoms with Crippen molar-refractivity contribution in [1.29, 1.82) is 0 Å². The van der Waals surface area contributed by atoms with Crippen molar-refractivity contribution in [3.05, 3.63) is 93.1 Å². The van der Waals surface area contributed by atoms with Crippen LogP contribution in [-0.4, -0.2) is 21.3 Å². The van der Waals surface area contributed by atoms with Gasteiger partial charge in [-0.15, -0.1) is 12.4 Å². The molecule has 1 aliphatic rings. The first-order chi connectivity index (χ1) is 15.0. The highest BCUT2D eigenvalue weighted by molar-refractivity contribution is 6.35. The molecule has 2 aromatic heterocycles. The minimum Gasteiger partial charge on any atom is -0.309 e. The van der Waals surface area contributed by atoms with Crippen molar-refractivity contribution in [3.8, 4) is 22.4 Å². The summed E-state index contributed by atoms with van der Waals surface area (Å²) in [7, 11) is 0. The summed E-state index contributed by atoms with van der Waals surface area (Å²) in [6, 6.07) is 13.7. The topological polar surface area (TPSA) is 42.7 Å². The normalized spacial score (nSPS) is 15.2. The quantitative estimate of drug-likeness (QED) is 0.329. The first-order valence-electron chi connectivity index (χ1n) is 9.66. The summed E-state index contributed by atoms with van der Waals surface area (Å²) in [6.45, 7) is 1.22. The predicted octanol–water partition coefficient (Wildman–Crippen LogP) is 6.83. The highest BCUT2D eigenvalue weighted by atomic mass is 35.5. The summed E-state index contributed by atoms with van der Waals surface area (Å²) >= 11 is 18.6. The number of rotatable bonds is 3.